The average Bonchev–Trinajstić information content (AvgIpc) is 3.08. The van der Waals surface area contributed by atoms with Crippen LogP contribution in [0.25, 0.3) is 11.3 Å². The Morgan fingerprint density at radius 2 is 2.09 bits per heavy atom. The van der Waals surface area contributed by atoms with Crippen molar-refractivity contribution in [1.82, 2.24) is 4.90 Å². The summed E-state index contributed by atoms with van der Waals surface area (Å²) in [6, 6.07) is 12.5. The van der Waals surface area contributed by atoms with E-state index in [9.17, 15) is 0 Å². The monoisotopic (exact) mass is 301 g/mol. The first-order valence-electron chi connectivity index (χ1n) is 7.81. The van der Waals surface area contributed by atoms with Crippen molar-refractivity contribution in [3.63, 3.8) is 0 Å². The first-order valence-corrected chi connectivity index (χ1v) is 7.81. The fourth-order valence-corrected chi connectivity index (χ4v) is 2.82. The van der Waals surface area contributed by atoms with Crippen molar-refractivity contribution < 1.29 is 13.9 Å². The summed E-state index contributed by atoms with van der Waals surface area (Å²) in [6.45, 7) is 4.49. The summed E-state index contributed by atoms with van der Waals surface area (Å²) in [5, 5.41) is 0. The number of hydrogen-bond donors (Lipinski definition) is 0. The lowest BCUT2D eigenvalue weighted by Gasteiger charge is -2.32. The minimum Gasteiger partial charge on any atom is -0.464 e. The molecule has 1 aliphatic rings. The second-order valence-electron chi connectivity index (χ2n) is 5.68. The molecule has 0 N–H and O–H groups in total. The van der Waals surface area contributed by atoms with Crippen LogP contribution in [0.2, 0.25) is 0 Å². The fraction of sp³-hybridized carbons (Fsp3) is 0.444. The molecule has 2 aromatic rings. The van der Waals surface area contributed by atoms with Gasteiger partial charge in [-0.05, 0) is 24.1 Å². The summed E-state index contributed by atoms with van der Waals surface area (Å²) in [6.07, 6.45) is 2.96. The van der Waals surface area contributed by atoms with Crippen LogP contribution in [0.1, 0.15) is 12.0 Å². The van der Waals surface area contributed by atoms with Crippen LogP contribution in [0.5, 0.6) is 0 Å². The third-order valence-corrected chi connectivity index (χ3v) is 4.03. The van der Waals surface area contributed by atoms with Crippen molar-refractivity contribution in [2.45, 2.75) is 19.1 Å². The van der Waals surface area contributed by atoms with Gasteiger partial charge in [-0.3, -0.25) is 4.90 Å². The van der Waals surface area contributed by atoms with Crippen LogP contribution in [-0.2, 0) is 16.0 Å². The summed E-state index contributed by atoms with van der Waals surface area (Å²) >= 11 is 0. The van der Waals surface area contributed by atoms with E-state index in [2.05, 4.69) is 29.2 Å². The second-order valence-corrected chi connectivity index (χ2v) is 5.68. The Kier molecular flexibility index (Phi) is 5.27. The molecule has 4 nitrogen and oxygen atoms in total. The summed E-state index contributed by atoms with van der Waals surface area (Å²) in [5.41, 5.74) is 2.44. The molecule has 0 unspecified atom stereocenters. The van der Waals surface area contributed by atoms with Crippen molar-refractivity contribution in [2.75, 3.05) is 33.4 Å². The highest BCUT2D eigenvalue weighted by Crippen LogP contribution is 2.21. The van der Waals surface area contributed by atoms with Crippen LogP contribution in [-0.4, -0.2) is 44.4 Å². The molecule has 0 amide bonds. The van der Waals surface area contributed by atoms with Gasteiger partial charge in [0.1, 0.15) is 5.76 Å². The molecular formula is C18H23NO3. The molecule has 1 atom stereocenters. The summed E-state index contributed by atoms with van der Waals surface area (Å²) < 4.78 is 16.3. The number of morpholine rings is 1. The number of hydrogen-bond acceptors (Lipinski definition) is 4. The van der Waals surface area contributed by atoms with Gasteiger partial charge in [0, 0.05) is 38.9 Å². The van der Waals surface area contributed by atoms with Gasteiger partial charge in [0.05, 0.1) is 19.0 Å². The fourth-order valence-electron chi connectivity index (χ4n) is 2.82. The largest absolute Gasteiger partial charge is 0.464 e. The number of benzene rings is 1. The molecule has 2 heterocycles. The van der Waals surface area contributed by atoms with Gasteiger partial charge >= 0.3 is 0 Å². The van der Waals surface area contributed by atoms with Crippen LogP contribution in [0.4, 0.5) is 0 Å². The SMILES string of the molecule is COCC[C@@H]1CN(Cc2ccc(-c3ccco3)cc2)CCO1. The van der Waals surface area contributed by atoms with Crippen LogP contribution < -0.4 is 0 Å². The van der Waals surface area contributed by atoms with Gasteiger partial charge in [0.25, 0.3) is 0 Å². The number of ether oxygens (including phenoxy) is 2. The molecule has 4 heteroatoms. The van der Waals surface area contributed by atoms with Gasteiger partial charge in [0.2, 0.25) is 0 Å². The quantitative estimate of drug-likeness (QED) is 0.821. The highest BCUT2D eigenvalue weighted by molar-refractivity contribution is 5.57. The van der Waals surface area contributed by atoms with Crippen LogP contribution >= 0.6 is 0 Å². The van der Waals surface area contributed by atoms with Gasteiger partial charge in [-0.1, -0.05) is 24.3 Å². The Labute approximate surface area is 131 Å². The zero-order valence-corrected chi connectivity index (χ0v) is 13.0. The Morgan fingerprint density at radius 1 is 1.23 bits per heavy atom. The highest BCUT2D eigenvalue weighted by atomic mass is 16.5. The Bertz CT molecular complexity index is 550. The van der Waals surface area contributed by atoms with E-state index in [-0.39, 0.29) is 6.10 Å². The molecule has 0 aliphatic carbocycles. The van der Waals surface area contributed by atoms with Crippen LogP contribution in [0.15, 0.2) is 47.1 Å². The van der Waals surface area contributed by atoms with E-state index in [1.54, 1.807) is 13.4 Å². The Morgan fingerprint density at radius 3 is 2.82 bits per heavy atom. The third-order valence-electron chi connectivity index (χ3n) is 4.03. The lowest BCUT2D eigenvalue weighted by atomic mass is 10.1. The van der Waals surface area contributed by atoms with E-state index in [1.165, 1.54) is 5.56 Å². The lowest BCUT2D eigenvalue weighted by Crippen LogP contribution is -2.42. The molecule has 1 aliphatic heterocycles. The van der Waals surface area contributed by atoms with Gasteiger partial charge in [-0.25, -0.2) is 0 Å². The molecule has 1 fully saturated rings. The first kappa shape index (κ1) is 15.3. The number of furan rings is 1. The van der Waals surface area contributed by atoms with E-state index >= 15 is 0 Å². The Balaban J connectivity index is 1.56. The highest BCUT2D eigenvalue weighted by Gasteiger charge is 2.20. The zero-order valence-electron chi connectivity index (χ0n) is 13.0. The first-order chi connectivity index (χ1) is 10.8. The average molecular weight is 301 g/mol. The van der Waals surface area contributed by atoms with Crippen molar-refractivity contribution in [1.29, 1.82) is 0 Å². The smallest absolute Gasteiger partial charge is 0.133 e. The van der Waals surface area contributed by atoms with Gasteiger partial charge in [0.15, 0.2) is 0 Å². The van der Waals surface area contributed by atoms with E-state index in [4.69, 9.17) is 13.9 Å². The number of rotatable bonds is 6. The third kappa shape index (κ3) is 3.97. The standard InChI is InChI=1S/C18H23NO3/c1-20-11-8-17-14-19(9-12-21-17)13-15-4-6-16(7-5-15)18-3-2-10-22-18/h2-7,10,17H,8-9,11-14H2,1H3/t17-/m1/s1. The molecule has 1 aromatic heterocycles. The molecule has 22 heavy (non-hydrogen) atoms. The molecule has 0 spiro atoms. The minimum absolute atomic E-state index is 0.288. The molecule has 0 radical (unpaired) electrons. The molecular weight excluding hydrogens is 278 g/mol. The van der Waals surface area contributed by atoms with E-state index in [1.807, 2.05) is 12.1 Å². The van der Waals surface area contributed by atoms with Crippen molar-refractivity contribution in [3.05, 3.63) is 48.2 Å². The number of methoxy groups -OCH3 is 1. The zero-order chi connectivity index (χ0) is 15.2. The molecule has 3 rings (SSSR count). The summed E-state index contributed by atoms with van der Waals surface area (Å²) in [4.78, 5) is 2.45. The Hall–Kier alpha value is -1.62. The van der Waals surface area contributed by atoms with Gasteiger partial charge < -0.3 is 13.9 Å². The topological polar surface area (TPSA) is 34.8 Å². The minimum atomic E-state index is 0.288. The van der Waals surface area contributed by atoms with E-state index < -0.39 is 0 Å². The maximum Gasteiger partial charge on any atom is 0.133 e. The normalized spacial score (nSPS) is 19.4. The summed E-state index contributed by atoms with van der Waals surface area (Å²) in [7, 11) is 1.74. The number of nitrogens with zero attached hydrogens (tertiary/aromatic N) is 1. The maximum atomic E-state index is 5.78. The van der Waals surface area contributed by atoms with Crippen LogP contribution in [0, 0.1) is 0 Å². The molecule has 118 valence electrons. The van der Waals surface area contributed by atoms with Crippen LogP contribution in [0.3, 0.4) is 0 Å². The van der Waals surface area contributed by atoms with E-state index in [0.717, 1.165) is 50.6 Å². The second kappa shape index (κ2) is 7.58. The molecule has 1 aromatic carbocycles. The molecule has 0 saturated carbocycles. The lowest BCUT2D eigenvalue weighted by molar-refractivity contribution is -0.0432. The molecule has 0 bridgehead atoms. The van der Waals surface area contributed by atoms with Crippen molar-refractivity contribution in [3.8, 4) is 11.3 Å². The molecule has 1 saturated heterocycles. The summed E-state index contributed by atoms with van der Waals surface area (Å²) in [5.74, 6) is 0.914. The van der Waals surface area contributed by atoms with E-state index in [0.29, 0.717) is 0 Å². The maximum absolute atomic E-state index is 5.78. The van der Waals surface area contributed by atoms with Crippen molar-refractivity contribution in [2.24, 2.45) is 0 Å². The van der Waals surface area contributed by atoms with Gasteiger partial charge in [-0.15, -0.1) is 0 Å². The predicted octanol–water partition coefficient (Wildman–Crippen LogP) is 3.18. The van der Waals surface area contributed by atoms with Crippen molar-refractivity contribution >= 4 is 0 Å². The van der Waals surface area contributed by atoms with Gasteiger partial charge in [-0.2, -0.15) is 0 Å². The predicted molar refractivity (Wildman–Crippen MR) is 85.7 cm³/mol.